The monoisotopic (exact) mass is 253 g/mol. The van der Waals surface area contributed by atoms with Crippen LogP contribution in [0.3, 0.4) is 0 Å². The van der Waals surface area contributed by atoms with Crippen molar-refractivity contribution >= 4 is 11.6 Å². The summed E-state index contributed by atoms with van der Waals surface area (Å²) < 4.78 is 6.29. The summed E-state index contributed by atoms with van der Waals surface area (Å²) in [6.45, 7) is 6.21. The second-order valence-corrected chi connectivity index (χ2v) is 5.12. The lowest BCUT2D eigenvalue weighted by Crippen LogP contribution is -2.50. The van der Waals surface area contributed by atoms with Gasteiger partial charge in [-0.05, 0) is 30.5 Å². The topological polar surface area (TPSA) is 21.3 Å². The summed E-state index contributed by atoms with van der Waals surface area (Å²) in [6, 6.07) is 7.95. The number of rotatable bonds is 3. The van der Waals surface area contributed by atoms with Crippen LogP contribution in [-0.4, -0.2) is 18.7 Å². The molecule has 0 aromatic heterocycles. The van der Waals surface area contributed by atoms with Crippen molar-refractivity contribution in [3.63, 3.8) is 0 Å². The van der Waals surface area contributed by atoms with Crippen molar-refractivity contribution in [2.75, 3.05) is 13.1 Å². The van der Waals surface area contributed by atoms with E-state index in [4.69, 9.17) is 16.3 Å². The predicted octanol–water partition coefficient (Wildman–Crippen LogP) is 3.56. The highest BCUT2D eigenvalue weighted by atomic mass is 35.5. The number of ether oxygens (including phenoxy) is 1. The minimum atomic E-state index is -0.0114. The molecule has 1 aromatic rings. The van der Waals surface area contributed by atoms with Crippen LogP contribution in [-0.2, 0) is 4.74 Å². The smallest absolute Gasteiger partial charge is 0.0957 e. The molecule has 0 radical (unpaired) electrons. The van der Waals surface area contributed by atoms with Crippen molar-refractivity contribution in [1.82, 2.24) is 5.32 Å². The average Bonchev–Trinajstić information content (AvgIpc) is 2.39. The van der Waals surface area contributed by atoms with Gasteiger partial charge in [0.25, 0.3) is 0 Å². The largest absolute Gasteiger partial charge is 0.364 e. The minimum absolute atomic E-state index is 0.0114. The van der Waals surface area contributed by atoms with Gasteiger partial charge in [0.1, 0.15) is 0 Å². The molecule has 0 amide bonds. The first-order valence-electron chi connectivity index (χ1n) is 6.33. The Balaban J connectivity index is 2.14. The zero-order valence-corrected chi connectivity index (χ0v) is 11.3. The Morgan fingerprint density at radius 3 is 2.53 bits per heavy atom. The van der Waals surface area contributed by atoms with Gasteiger partial charge in [-0.3, -0.25) is 0 Å². The first kappa shape index (κ1) is 12.9. The molecule has 0 spiro atoms. The molecule has 1 saturated heterocycles. The molecule has 0 bridgehead atoms. The van der Waals surface area contributed by atoms with Crippen molar-refractivity contribution < 1.29 is 4.74 Å². The van der Waals surface area contributed by atoms with Crippen molar-refractivity contribution in [2.45, 2.75) is 38.4 Å². The molecule has 1 fully saturated rings. The van der Waals surface area contributed by atoms with Crippen molar-refractivity contribution in [3.05, 3.63) is 34.9 Å². The van der Waals surface area contributed by atoms with Crippen molar-refractivity contribution in [2.24, 2.45) is 0 Å². The van der Waals surface area contributed by atoms with Crippen LogP contribution in [0.1, 0.15) is 38.4 Å². The highest BCUT2D eigenvalue weighted by Crippen LogP contribution is 2.32. The summed E-state index contributed by atoms with van der Waals surface area (Å²) in [7, 11) is 0. The maximum Gasteiger partial charge on any atom is 0.0957 e. The van der Waals surface area contributed by atoms with Crippen molar-refractivity contribution in [3.8, 4) is 0 Å². The van der Waals surface area contributed by atoms with Crippen LogP contribution in [0, 0.1) is 0 Å². The van der Waals surface area contributed by atoms with Gasteiger partial charge in [-0.1, -0.05) is 37.6 Å². The molecule has 1 unspecified atom stereocenters. The molecule has 1 aliphatic rings. The van der Waals surface area contributed by atoms with E-state index < -0.39 is 0 Å². The Morgan fingerprint density at radius 1 is 1.29 bits per heavy atom. The van der Waals surface area contributed by atoms with E-state index >= 15 is 0 Å². The van der Waals surface area contributed by atoms with Gasteiger partial charge in [0, 0.05) is 18.1 Å². The standard InChI is InChI=1S/C14H20ClNO/c1-3-14(4-2)10-16-9-13(17-14)11-5-7-12(15)8-6-11/h5-8,13,16H,3-4,9-10H2,1-2H3. The van der Waals surface area contributed by atoms with Crippen LogP contribution >= 0.6 is 11.6 Å². The van der Waals surface area contributed by atoms with Gasteiger partial charge in [-0.2, -0.15) is 0 Å². The third-order valence-electron chi connectivity index (χ3n) is 3.70. The van der Waals surface area contributed by atoms with Crippen LogP contribution < -0.4 is 5.32 Å². The van der Waals surface area contributed by atoms with E-state index in [9.17, 15) is 0 Å². The summed E-state index contributed by atoms with van der Waals surface area (Å²) >= 11 is 5.90. The van der Waals surface area contributed by atoms with Crippen molar-refractivity contribution in [1.29, 1.82) is 0 Å². The number of morpholine rings is 1. The molecular weight excluding hydrogens is 234 g/mol. The maximum absolute atomic E-state index is 6.29. The number of nitrogens with one attached hydrogen (secondary N) is 1. The molecule has 94 valence electrons. The van der Waals surface area contributed by atoms with E-state index in [-0.39, 0.29) is 11.7 Å². The second-order valence-electron chi connectivity index (χ2n) is 4.68. The lowest BCUT2D eigenvalue weighted by atomic mass is 9.93. The summed E-state index contributed by atoms with van der Waals surface area (Å²) in [4.78, 5) is 0. The molecule has 1 N–H and O–H groups in total. The fourth-order valence-corrected chi connectivity index (χ4v) is 2.47. The molecule has 1 aliphatic heterocycles. The van der Waals surface area contributed by atoms with Crippen LogP contribution in [0.15, 0.2) is 24.3 Å². The van der Waals surface area contributed by atoms with Gasteiger partial charge in [-0.15, -0.1) is 0 Å². The highest BCUT2D eigenvalue weighted by Gasteiger charge is 2.34. The molecular formula is C14H20ClNO. The molecule has 2 nitrogen and oxygen atoms in total. The summed E-state index contributed by atoms with van der Waals surface area (Å²) in [5.41, 5.74) is 1.19. The fourth-order valence-electron chi connectivity index (χ4n) is 2.35. The molecule has 3 heteroatoms. The first-order chi connectivity index (χ1) is 8.19. The van der Waals surface area contributed by atoms with Gasteiger partial charge in [0.15, 0.2) is 0 Å². The van der Waals surface area contributed by atoms with Gasteiger partial charge >= 0.3 is 0 Å². The Hall–Kier alpha value is -0.570. The molecule has 1 aromatic carbocycles. The average molecular weight is 254 g/mol. The molecule has 1 atom stereocenters. The molecule has 0 aliphatic carbocycles. The van der Waals surface area contributed by atoms with Gasteiger partial charge in [0.2, 0.25) is 0 Å². The molecule has 1 heterocycles. The van der Waals surface area contributed by atoms with Crippen LogP contribution in [0.25, 0.3) is 0 Å². The van der Waals surface area contributed by atoms with E-state index in [1.165, 1.54) is 5.56 Å². The van der Waals surface area contributed by atoms with Gasteiger partial charge in [0.05, 0.1) is 11.7 Å². The molecule has 17 heavy (non-hydrogen) atoms. The predicted molar refractivity (Wildman–Crippen MR) is 71.5 cm³/mol. The Kier molecular flexibility index (Phi) is 4.08. The third kappa shape index (κ3) is 2.82. The number of benzene rings is 1. The molecule has 2 rings (SSSR count). The Bertz CT molecular complexity index is 359. The lowest BCUT2D eigenvalue weighted by Gasteiger charge is -2.41. The zero-order valence-electron chi connectivity index (χ0n) is 10.5. The van der Waals surface area contributed by atoms with E-state index in [0.717, 1.165) is 31.0 Å². The first-order valence-corrected chi connectivity index (χ1v) is 6.71. The summed E-state index contributed by atoms with van der Waals surface area (Å²) in [5, 5.41) is 4.26. The number of halogens is 1. The third-order valence-corrected chi connectivity index (χ3v) is 3.95. The van der Waals surface area contributed by atoms with Gasteiger partial charge in [-0.25, -0.2) is 0 Å². The Labute approximate surface area is 108 Å². The van der Waals surface area contributed by atoms with Crippen LogP contribution in [0.5, 0.6) is 0 Å². The van der Waals surface area contributed by atoms with Crippen LogP contribution in [0.4, 0.5) is 0 Å². The zero-order chi connectivity index (χ0) is 12.3. The normalized spacial score (nSPS) is 23.6. The molecule has 0 saturated carbocycles. The van der Waals surface area contributed by atoms with E-state index in [1.807, 2.05) is 12.1 Å². The van der Waals surface area contributed by atoms with E-state index in [1.54, 1.807) is 0 Å². The highest BCUT2D eigenvalue weighted by molar-refractivity contribution is 6.30. The summed E-state index contributed by atoms with van der Waals surface area (Å²) in [6.07, 6.45) is 2.22. The maximum atomic E-state index is 6.29. The summed E-state index contributed by atoms with van der Waals surface area (Å²) in [5.74, 6) is 0. The lowest BCUT2D eigenvalue weighted by molar-refractivity contribution is -0.122. The van der Waals surface area contributed by atoms with E-state index in [0.29, 0.717) is 0 Å². The van der Waals surface area contributed by atoms with Gasteiger partial charge < -0.3 is 10.1 Å². The van der Waals surface area contributed by atoms with E-state index in [2.05, 4.69) is 31.3 Å². The minimum Gasteiger partial charge on any atom is -0.364 e. The Morgan fingerprint density at radius 2 is 1.94 bits per heavy atom. The SMILES string of the molecule is CCC1(CC)CNCC(c2ccc(Cl)cc2)O1. The fraction of sp³-hybridized carbons (Fsp3) is 0.571. The number of hydrogen-bond acceptors (Lipinski definition) is 2. The number of hydrogen-bond donors (Lipinski definition) is 1. The quantitative estimate of drug-likeness (QED) is 0.889. The van der Waals surface area contributed by atoms with Crippen LogP contribution in [0.2, 0.25) is 5.02 Å². The second kappa shape index (κ2) is 5.38.